The van der Waals surface area contributed by atoms with Gasteiger partial charge in [-0.1, -0.05) is 18.2 Å². The Morgan fingerprint density at radius 1 is 1.06 bits per heavy atom. The highest BCUT2D eigenvalue weighted by Crippen LogP contribution is 2.32. The van der Waals surface area contributed by atoms with E-state index in [-0.39, 0.29) is 11.4 Å². The van der Waals surface area contributed by atoms with E-state index in [1.54, 1.807) is 13.2 Å². The van der Waals surface area contributed by atoms with Crippen molar-refractivity contribution in [2.75, 3.05) is 19.0 Å². The third kappa shape index (κ3) is 4.85. The molecule has 0 unspecified atom stereocenters. The second-order valence-electron chi connectivity index (χ2n) is 7.63. The zero-order valence-electron chi connectivity index (χ0n) is 18.5. The molecule has 3 aromatic rings. The average molecular weight is 462 g/mol. The van der Waals surface area contributed by atoms with Crippen molar-refractivity contribution in [1.82, 2.24) is 9.47 Å². The minimum atomic E-state index is -0.473. The highest BCUT2D eigenvalue weighted by Gasteiger charge is 2.36. The number of rotatable bonds is 6. The van der Waals surface area contributed by atoms with E-state index in [4.69, 9.17) is 4.74 Å². The minimum Gasteiger partial charge on any atom is -0.497 e. The van der Waals surface area contributed by atoms with Gasteiger partial charge < -0.3 is 14.6 Å². The molecule has 168 valence electrons. The highest BCUT2D eigenvalue weighted by molar-refractivity contribution is 8.18. The fraction of sp³-hybridized carbons (Fsp3) is 0.160. The second-order valence-corrected chi connectivity index (χ2v) is 8.63. The number of methoxy groups -OCH3 is 1. The van der Waals surface area contributed by atoms with Crippen LogP contribution in [0, 0.1) is 13.8 Å². The molecule has 8 heteroatoms. The van der Waals surface area contributed by atoms with E-state index in [2.05, 4.69) is 5.32 Å². The van der Waals surface area contributed by atoms with Crippen LogP contribution in [0.3, 0.4) is 0 Å². The molecule has 1 N–H and O–H groups in total. The summed E-state index contributed by atoms with van der Waals surface area (Å²) in [6.07, 6.45) is 5.40. The lowest BCUT2D eigenvalue weighted by atomic mass is 10.1. The molecule has 0 spiro atoms. The third-order valence-electron chi connectivity index (χ3n) is 5.30. The van der Waals surface area contributed by atoms with Crippen LogP contribution in [0.5, 0.6) is 5.75 Å². The molecule has 2 heterocycles. The number of thioether (sulfide) groups is 1. The summed E-state index contributed by atoms with van der Waals surface area (Å²) in [4.78, 5) is 39.0. The fourth-order valence-corrected chi connectivity index (χ4v) is 4.37. The van der Waals surface area contributed by atoms with Crippen molar-refractivity contribution >= 4 is 40.6 Å². The Bertz CT molecular complexity index is 1240. The lowest BCUT2D eigenvalue weighted by molar-refractivity contribution is -0.127. The van der Waals surface area contributed by atoms with Crippen LogP contribution in [0.1, 0.15) is 16.7 Å². The van der Waals surface area contributed by atoms with E-state index in [1.165, 1.54) is 0 Å². The van der Waals surface area contributed by atoms with Crippen molar-refractivity contribution in [2.24, 2.45) is 0 Å². The topological polar surface area (TPSA) is 80.6 Å². The number of nitrogens with zero attached hydrogens (tertiary/aromatic N) is 2. The largest absolute Gasteiger partial charge is 0.497 e. The predicted molar refractivity (Wildman–Crippen MR) is 130 cm³/mol. The number of benzene rings is 2. The van der Waals surface area contributed by atoms with Crippen molar-refractivity contribution in [2.45, 2.75) is 13.8 Å². The van der Waals surface area contributed by atoms with E-state index >= 15 is 0 Å². The maximum absolute atomic E-state index is 12.8. The number of hydrogen-bond donors (Lipinski definition) is 1. The van der Waals surface area contributed by atoms with Gasteiger partial charge in [0.25, 0.3) is 11.1 Å². The molecule has 0 bridgehead atoms. The van der Waals surface area contributed by atoms with Gasteiger partial charge in [-0.25, -0.2) is 0 Å². The first kappa shape index (κ1) is 22.4. The summed E-state index contributed by atoms with van der Waals surface area (Å²) in [6.45, 7) is 3.45. The van der Waals surface area contributed by atoms with Gasteiger partial charge in [-0.2, -0.15) is 0 Å². The van der Waals surface area contributed by atoms with Crippen LogP contribution in [-0.4, -0.2) is 40.2 Å². The molecule has 1 saturated heterocycles. The standard InChI is InChI=1S/C25H23N3O4S/c1-16-5-4-6-17(2)23(16)26-22(29)15-28-24(30)21(33-25(28)31)13-18-11-12-27(14-18)19-7-9-20(32-3)10-8-19/h4-14H,15H2,1-3H3,(H,26,29)/b21-13+. The van der Waals surface area contributed by atoms with Crippen molar-refractivity contribution in [1.29, 1.82) is 0 Å². The van der Waals surface area contributed by atoms with Crippen molar-refractivity contribution in [3.8, 4) is 11.4 Å². The van der Waals surface area contributed by atoms with Gasteiger partial charge in [0.05, 0.1) is 12.0 Å². The van der Waals surface area contributed by atoms with Crippen LogP contribution < -0.4 is 10.1 Å². The normalized spacial score (nSPS) is 14.8. The third-order valence-corrected chi connectivity index (χ3v) is 6.21. The Labute approximate surface area is 196 Å². The summed E-state index contributed by atoms with van der Waals surface area (Å²) in [5.41, 5.74) is 4.24. The molecule has 0 atom stereocenters. The Balaban J connectivity index is 1.45. The number of aromatic nitrogens is 1. The summed E-state index contributed by atoms with van der Waals surface area (Å²) < 4.78 is 7.09. The van der Waals surface area contributed by atoms with Crippen LogP contribution in [0.15, 0.2) is 65.8 Å². The summed E-state index contributed by atoms with van der Waals surface area (Å²) in [6, 6.07) is 15.1. The molecule has 3 amide bonds. The summed E-state index contributed by atoms with van der Waals surface area (Å²) in [5.74, 6) is -0.123. The van der Waals surface area contributed by atoms with Crippen molar-refractivity contribution in [3.63, 3.8) is 0 Å². The van der Waals surface area contributed by atoms with E-state index in [9.17, 15) is 14.4 Å². The van der Waals surface area contributed by atoms with Gasteiger partial charge in [0.2, 0.25) is 5.91 Å². The van der Waals surface area contributed by atoms with E-state index in [1.807, 2.05) is 79.3 Å². The quantitative estimate of drug-likeness (QED) is 0.535. The number of amides is 3. The first-order chi connectivity index (χ1) is 15.9. The lowest BCUT2D eigenvalue weighted by Crippen LogP contribution is -2.36. The second kappa shape index (κ2) is 9.38. The summed E-state index contributed by atoms with van der Waals surface area (Å²) >= 11 is 0.834. The number of ether oxygens (including phenoxy) is 1. The number of hydrogen-bond acceptors (Lipinski definition) is 5. The number of aryl methyl sites for hydroxylation is 2. The van der Waals surface area contributed by atoms with Crippen LogP contribution in [0.25, 0.3) is 11.8 Å². The van der Waals surface area contributed by atoms with E-state index < -0.39 is 17.1 Å². The predicted octanol–water partition coefficient (Wildman–Crippen LogP) is 4.78. The molecule has 0 radical (unpaired) electrons. The number of carbonyl (C=O) groups excluding carboxylic acids is 3. The molecule has 1 aliphatic rings. The fourth-order valence-electron chi connectivity index (χ4n) is 3.54. The maximum Gasteiger partial charge on any atom is 0.294 e. The number of carbonyl (C=O) groups is 3. The van der Waals surface area contributed by atoms with Crippen LogP contribution in [0.4, 0.5) is 10.5 Å². The lowest BCUT2D eigenvalue weighted by Gasteiger charge is -2.15. The zero-order chi connectivity index (χ0) is 23.5. The molecule has 1 aromatic heterocycles. The minimum absolute atomic E-state index is 0.285. The van der Waals surface area contributed by atoms with Crippen molar-refractivity contribution in [3.05, 3.63) is 82.5 Å². The van der Waals surface area contributed by atoms with E-state index in [0.29, 0.717) is 5.69 Å². The molecular formula is C25H23N3O4S. The van der Waals surface area contributed by atoms with Gasteiger partial charge in [0.15, 0.2) is 0 Å². The number of imide groups is 1. The SMILES string of the molecule is COc1ccc(-n2ccc(/C=C3/SC(=O)N(CC(=O)Nc4c(C)cccc4C)C3=O)c2)cc1. The Hall–Kier alpha value is -3.78. The van der Waals surface area contributed by atoms with Gasteiger partial charge >= 0.3 is 0 Å². The van der Waals surface area contributed by atoms with Crippen LogP contribution in [-0.2, 0) is 9.59 Å². The number of para-hydroxylation sites is 1. The molecule has 1 fully saturated rings. The van der Waals surface area contributed by atoms with Crippen molar-refractivity contribution < 1.29 is 19.1 Å². The van der Waals surface area contributed by atoms with Gasteiger partial charge in [-0.3, -0.25) is 19.3 Å². The Morgan fingerprint density at radius 3 is 2.42 bits per heavy atom. The number of nitrogens with one attached hydrogen (secondary N) is 1. The molecule has 4 rings (SSSR count). The Kier molecular flexibility index (Phi) is 6.37. The summed E-state index contributed by atoms with van der Waals surface area (Å²) in [5, 5.41) is 2.35. The summed E-state index contributed by atoms with van der Waals surface area (Å²) in [7, 11) is 1.61. The zero-order valence-corrected chi connectivity index (χ0v) is 19.3. The monoisotopic (exact) mass is 461 g/mol. The molecule has 2 aromatic carbocycles. The molecule has 1 aliphatic heterocycles. The average Bonchev–Trinajstić information content (AvgIpc) is 3.37. The first-order valence-corrected chi connectivity index (χ1v) is 11.1. The van der Waals surface area contributed by atoms with E-state index in [0.717, 1.165) is 44.8 Å². The van der Waals surface area contributed by atoms with Gasteiger partial charge in [-0.15, -0.1) is 0 Å². The molecule has 0 saturated carbocycles. The molecule has 0 aliphatic carbocycles. The van der Waals surface area contributed by atoms with Gasteiger partial charge in [-0.05, 0) is 78.7 Å². The highest BCUT2D eigenvalue weighted by atomic mass is 32.2. The van der Waals surface area contributed by atoms with Gasteiger partial charge in [0, 0.05) is 23.8 Å². The molecule has 33 heavy (non-hydrogen) atoms. The van der Waals surface area contributed by atoms with Crippen LogP contribution >= 0.6 is 11.8 Å². The van der Waals surface area contributed by atoms with Crippen LogP contribution in [0.2, 0.25) is 0 Å². The molecular weight excluding hydrogens is 438 g/mol. The maximum atomic E-state index is 12.8. The Morgan fingerprint density at radius 2 is 1.76 bits per heavy atom. The first-order valence-electron chi connectivity index (χ1n) is 10.3. The molecule has 7 nitrogen and oxygen atoms in total. The van der Waals surface area contributed by atoms with Gasteiger partial charge in [0.1, 0.15) is 12.3 Å². The smallest absolute Gasteiger partial charge is 0.294 e. The number of anilines is 1.